The Bertz CT molecular complexity index is 3060. The van der Waals surface area contributed by atoms with Crippen LogP contribution in [0.25, 0.3) is 0 Å². The smallest absolute Gasteiger partial charge is 0.193 e. The van der Waals surface area contributed by atoms with Gasteiger partial charge in [-0.2, -0.15) is 0 Å². The third kappa shape index (κ3) is 20.3. The average molecular weight is 1120 g/mol. The zero-order valence-electron chi connectivity index (χ0n) is 46.7. The largest absolute Gasteiger partial charge is 0.491 e. The molecule has 0 aliphatic heterocycles. The summed E-state index contributed by atoms with van der Waals surface area (Å²) >= 11 is 0. The molecule has 8 aromatic rings. The minimum absolute atomic E-state index is 0.00188. The van der Waals surface area contributed by atoms with Gasteiger partial charge >= 0.3 is 0 Å². The molecule has 13 heteroatoms. The van der Waals surface area contributed by atoms with Crippen LogP contribution in [0.4, 0.5) is 0 Å². The van der Waals surface area contributed by atoms with Crippen LogP contribution in [-0.4, -0.2) is 138 Å². The molecule has 0 amide bonds. The minimum atomic E-state index is -0.912. The normalized spacial score (nSPS) is 12.7. The lowest BCUT2D eigenvalue weighted by atomic mass is 10.0. The fraction of sp³-hybridized carbons (Fsp3) is 0.271. The number of ketones is 3. The van der Waals surface area contributed by atoms with Gasteiger partial charge in [0.2, 0.25) is 0 Å². The Morgan fingerprint density at radius 3 is 0.831 bits per heavy atom. The second-order valence-corrected chi connectivity index (χ2v) is 20.8. The van der Waals surface area contributed by atoms with E-state index in [4.69, 9.17) is 18.9 Å². The van der Waals surface area contributed by atoms with Gasteiger partial charge in [-0.15, -0.1) is 0 Å². The molecule has 0 heterocycles. The summed E-state index contributed by atoms with van der Waals surface area (Å²) in [7, 11) is 0. The summed E-state index contributed by atoms with van der Waals surface area (Å²) in [6, 6.07) is 65.8. The lowest BCUT2D eigenvalue weighted by molar-refractivity contribution is 0.0292. The van der Waals surface area contributed by atoms with E-state index < -0.39 is 24.4 Å². The van der Waals surface area contributed by atoms with Crippen molar-refractivity contribution in [3.63, 3.8) is 0 Å². The molecule has 0 bridgehead atoms. The number of benzene rings is 8. The summed E-state index contributed by atoms with van der Waals surface area (Å²) in [4.78, 5) is 42.9. The molecule has 0 radical (unpaired) electrons. The molecule has 0 aliphatic carbocycles. The number of aliphatic hydroxyl groups is 4. The van der Waals surface area contributed by atoms with E-state index in [-0.39, 0.29) is 70.0 Å². The van der Waals surface area contributed by atoms with Crippen molar-refractivity contribution in [1.29, 1.82) is 0 Å². The zero-order valence-corrected chi connectivity index (χ0v) is 46.7. The second kappa shape index (κ2) is 32.4. The minimum Gasteiger partial charge on any atom is -0.491 e. The highest BCUT2D eigenvalue weighted by molar-refractivity contribution is 6.10. The average Bonchev–Trinajstić information content (AvgIpc) is 3.59. The SMILES string of the molecule is O=C(c1ccccc1)c1ccc(OCC(O)CN(CCCCCCN(CC(O)COc2ccc(C(=O)c3ccccc3)cc2)CC(O)COc2ccc(C(=O)c3ccccc3)cc2)CC(O)COc2ccc(Cc3ccccc3)cc2)cc1. The maximum Gasteiger partial charge on any atom is 0.193 e. The highest BCUT2D eigenvalue weighted by atomic mass is 16.5. The van der Waals surface area contributed by atoms with E-state index in [0.29, 0.717) is 69.5 Å². The number of carbonyl (C=O) groups excluding carboxylic acids is 3. The molecule has 83 heavy (non-hydrogen) atoms. The molecule has 0 saturated heterocycles. The van der Waals surface area contributed by atoms with Crippen molar-refractivity contribution in [1.82, 2.24) is 9.80 Å². The number of nitrogens with zero attached hydrogens (tertiary/aromatic N) is 2. The van der Waals surface area contributed by atoms with Crippen LogP contribution in [0.5, 0.6) is 23.0 Å². The van der Waals surface area contributed by atoms with Crippen LogP contribution in [-0.2, 0) is 6.42 Å². The molecular weight excluding hydrogens is 1040 g/mol. The molecule has 0 saturated carbocycles. The molecule has 430 valence electrons. The number of ether oxygens (including phenoxy) is 4. The van der Waals surface area contributed by atoms with E-state index in [1.807, 2.05) is 107 Å². The van der Waals surface area contributed by atoms with Crippen LogP contribution in [0.3, 0.4) is 0 Å². The fourth-order valence-corrected chi connectivity index (χ4v) is 9.62. The Labute approximate surface area is 486 Å². The molecule has 8 aromatic carbocycles. The van der Waals surface area contributed by atoms with Crippen LogP contribution in [0.1, 0.15) is 84.6 Å². The van der Waals surface area contributed by atoms with E-state index in [2.05, 4.69) is 12.1 Å². The van der Waals surface area contributed by atoms with Crippen LogP contribution in [0.15, 0.2) is 218 Å². The Kier molecular flexibility index (Phi) is 23.7. The first-order valence-corrected chi connectivity index (χ1v) is 28.4. The Balaban J connectivity index is 0.839. The molecule has 4 N–H and O–H groups in total. The maximum absolute atomic E-state index is 13.0. The first-order chi connectivity index (χ1) is 40.5. The molecule has 13 nitrogen and oxygen atoms in total. The third-order valence-corrected chi connectivity index (χ3v) is 14.0. The topological polar surface area (TPSA) is 176 Å². The fourth-order valence-electron chi connectivity index (χ4n) is 9.62. The number of hydrogen-bond acceptors (Lipinski definition) is 13. The number of unbranched alkanes of at least 4 members (excludes halogenated alkanes) is 3. The van der Waals surface area contributed by atoms with Crippen molar-refractivity contribution in [2.75, 3.05) is 65.7 Å². The van der Waals surface area contributed by atoms with Crippen LogP contribution in [0.2, 0.25) is 0 Å². The number of carbonyl (C=O) groups is 3. The quantitative estimate of drug-likeness (QED) is 0.0218. The molecule has 0 spiro atoms. The molecule has 0 aromatic heterocycles. The van der Waals surface area contributed by atoms with E-state index in [1.54, 1.807) is 109 Å². The van der Waals surface area contributed by atoms with Crippen molar-refractivity contribution >= 4 is 17.3 Å². The van der Waals surface area contributed by atoms with Gasteiger partial charge in [-0.05, 0) is 128 Å². The van der Waals surface area contributed by atoms with Crippen LogP contribution < -0.4 is 18.9 Å². The van der Waals surface area contributed by atoms with Crippen LogP contribution >= 0.6 is 0 Å². The van der Waals surface area contributed by atoms with E-state index in [0.717, 1.165) is 37.7 Å². The van der Waals surface area contributed by atoms with Gasteiger partial charge in [0.1, 0.15) is 73.8 Å². The van der Waals surface area contributed by atoms with Gasteiger partial charge < -0.3 is 39.4 Å². The summed E-state index contributed by atoms with van der Waals surface area (Å²) < 4.78 is 23.9. The summed E-state index contributed by atoms with van der Waals surface area (Å²) in [6.07, 6.45) is 0.402. The highest BCUT2D eigenvalue weighted by Gasteiger charge is 2.21. The molecule has 0 fully saturated rings. The van der Waals surface area contributed by atoms with Gasteiger partial charge in [-0.25, -0.2) is 0 Å². The van der Waals surface area contributed by atoms with Crippen molar-refractivity contribution < 1.29 is 53.8 Å². The van der Waals surface area contributed by atoms with E-state index in [1.165, 1.54) is 5.56 Å². The Hall–Kier alpha value is -8.27. The number of aliphatic hydroxyl groups excluding tert-OH is 4. The first kappa shape index (κ1) is 60.8. The summed E-state index contributed by atoms with van der Waals surface area (Å²) in [5.41, 5.74) is 5.72. The zero-order chi connectivity index (χ0) is 58.0. The molecule has 4 atom stereocenters. The monoisotopic (exact) mass is 1120 g/mol. The van der Waals surface area contributed by atoms with Gasteiger partial charge in [-0.3, -0.25) is 24.2 Å². The first-order valence-electron chi connectivity index (χ1n) is 28.4. The van der Waals surface area contributed by atoms with Crippen molar-refractivity contribution in [2.24, 2.45) is 0 Å². The van der Waals surface area contributed by atoms with Gasteiger partial charge in [0.15, 0.2) is 17.3 Å². The summed E-state index contributed by atoms with van der Waals surface area (Å²) in [6.45, 7) is 2.06. The standard InChI is InChI=1S/C70H74N2O11/c73-60(48-80-64-33-25-53(26-34-64)43-52-17-7-3-8-18-52)44-71(45-61(74)49-81-65-35-27-57(28-36-65)68(77)54-19-9-4-10-20-54)41-15-1-2-16-42-72(46-62(75)50-82-66-37-29-58(30-38-66)69(78)55-21-11-5-12-22-55)47-63(76)51-83-67-39-31-59(32-40-67)70(79)56-23-13-6-14-24-56/h3-14,17-40,60-63,73-76H,1-2,15-16,41-51H2. The number of hydrogen-bond donors (Lipinski definition) is 4. The van der Waals surface area contributed by atoms with Gasteiger partial charge in [0.25, 0.3) is 0 Å². The van der Waals surface area contributed by atoms with Gasteiger partial charge in [0.05, 0.1) is 0 Å². The molecule has 4 unspecified atom stereocenters. The molecule has 8 rings (SSSR count). The van der Waals surface area contributed by atoms with E-state index in [9.17, 15) is 34.8 Å². The molecular formula is C70H74N2O11. The predicted octanol–water partition coefficient (Wildman–Crippen LogP) is 10.2. The van der Waals surface area contributed by atoms with Crippen molar-refractivity contribution in [2.45, 2.75) is 56.5 Å². The van der Waals surface area contributed by atoms with Crippen molar-refractivity contribution in [3.8, 4) is 23.0 Å². The second-order valence-electron chi connectivity index (χ2n) is 20.8. The number of rotatable bonds is 35. The third-order valence-electron chi connectivity index (χ3n) is 14.0. The maximum atomic E-state index is 13.0. The van der Waals surface area contributed by atoms with Gasteiger partial charge in [-0.1, -0.05) is 146 Å². The Morgan fingerprint density at radius 2 is 0.542 bits per heavy atom. The molecule has 0 aliphatic rings. The summed E-state index contributed by atoms with van der Waals surface area (Å²) in [5.74, 6) is 1.89. The lowest BCUT2D eigenvalue weighted by Gasteiger charge is -2.28. The lowest BCUT2D eigenvalue weighted by Crippen LogP contribution is -2.42. The van der Waals surface area contributed by atoms with Gasteiger partial charge in [0, 0.05) is 59.6 Å². The Morgan fingerprint density at radius 1 is 0.301 bits per heavy atom. The summed E-state index contributed by atoms with van der Waals surface area (Å²) in [5, 5.41) is 45.2. The van der Waals surface area contributed by atoms with E-state index >= 15 is 0 Å². The predicted molar refractivity (Wildman–Crippen MR) is 322 cm³/mol. The highest BCUT2D eigenvalue weighted by Crippen LogP contribution is 2.21. The van der Waals surface area contributed by atoms with Crippen molar-refractivity contribution in [3.05, 3.63) is 263 Å². The van der Waals surface area contributed by atoms with Crippen LogP contribution in [0, 0.1) is 0 Å².